The Kier molecular flexibility index (Phi) is 2.68. The van der Waals surface area contributed by atoms with Crippen LogP contribution in [-0.2, 0) is 0 Å². The van der Waals surface area contributed by atoms with E-state index in [0.29, 0.717) is 10.4 Å². The highest BCUT2D eigenvalue weighted by atomic mass is 28.4. The predicted octanol–water partition coefficient (Wildman–Crippen LogP) is -0.404. The Bertz CT molecular complexity index is 384. The summed E-state index contributed by atoms with van der Waals surface area (Å²) in [5.74, 6) is 0. The average Bonchev–Trinajstić information content (AvgIpc) is 2.31. The van der Waals surface area contributed by atoms with Gasteiger partial charge in [-0.25, -0.2) is 0 Å². The van der Waals surface area contributed by atoms with E-state index in [4.69, 9.17) is 0 Å². The second-order valence-electron chi connectivity index (χ2n) is 3.38. The van der Waals surface area contributed by atoms with Gasteiger partial charge in [0.2, 0.25) is 0 Å². The summed E-state index contributed by atoms with van der Waals surface area (Å²) in [7, 11) is -3.71. The lowest BCUT2D eigenvalue weighted by atomic mass is 10.4. The van der Waals surface area contributed by atoms with E-state index in [1.54, 1.807) is 48.5 Å². The molecule has 3 heteroatoms. The minimum absolute atomic E-state index is 0.496. The molecule has 0 bridgehead atoms. The SMILES string of the molecule is [O-][Si](O)(c1ccccc1)c1ccccc1. The fourth-order valence-corrected chi connectivity index (χ4v) is 3.12. The van der Waals surface area contributed by atoms with Gasteiger partial charge in [-0.3, -0.25) is 0 Å². The molecule has 0 aromatic heterocycles. The van der Waals surface area contributed by atoms with Gasteiger partial charge in [0.1, 0.15) is 0 Å². The van der Waals surface area contributed by atoms with E-state index in [2.05, 4.69) is 0 Å². The summed E-state index contributed by atoms with van der Waals surface area (Å²) in [6.45, 7) is 0. The second-order valence-corrected chi connectivity index (χ2v) is 5.82. The second kappa shape index (κ2) is 3.98. The van der Waals surface area contributed by atoms with Crippen molar-refractivity contribution in [2.24, 2.45) is 0 Å². The van der Waals surface area contributed by atoms with Gasteiger partial charge < -0.3 is 9.59 Å². The van der Waals surface area contributed by atoms with E-state index in [9.17, 15) is 9.59 Å². The van der Waals surface area contributed by atoms with Crippen molar-refractivity contribution < 1.29 is 9.59 Å². The van der Waals surface area contributed by atoms with E-state index in [1.165, 1.54) is 0 Å². The zero-order chi connectivity index (χ0) is 10.7. The first-order valence-corrected chi connectivity index (χ1v) is 6.60. The van der Waals surface area contributed by atoms with Crippen LogP contribution in [0.2, 0.25) is 0 Å². The molecule has 76 valence electrons. The van der Waals surface area contributed by atoms with E-state index in [1.807, 2.05) is 12.1 Å². The van der Waals surface area contributed by atoms with Crippen LogP contribution in [0.15, 0.2) is 60.7 Å². The van der Waals surface area contributed by atoms with Crippen molar-refractivity contribution in [2.75, 3.05) is 0 Å². The van der Waals surface area contributed by atoms with Crippen LogP contribution in [-0.4, -0.2) is 13.4 Å². The minimum atomic E-state index is -3.71. The summed E-state index contributed by atoms with van der Waals surface area (Å²) in [6, 6.07) is 17.5. The van der Waals surface area contributed by atoms with Crippen molar-refractivity contribution in [3.05, 3.63) is 60.7 Å². The zero-order valence-electron chi connectivity index (χ0n) is 8.13. The molecule has 0 aliphatic heterocycles. The Hall–Kier alpha value is -1.42. The van der Waals surface area contributed by atoms with E-state index in [-0.39, 0.29) is 0 Å². The van der Waals surface area contributed by atoms with Gasteiger partial charge in [-0.05, 0) is 10.4 Å². The zero-order valence-corrected chi connectivity index (χ0v) is 9.13. The molecule has 0 fully saturated rings. The third-order valence-electron chi connectivity index (χ3n) is 2.33. The van der Waals surface area contributed by atoms with Gasteiger partial charge in [-0.1, -0.05) is 60.7 Å². The normalized spacial score (nSPS) is 11.3. The van der Waals surface area contributed by atoms with Crippen LogP contribution in [0.4, 0.5) is 0 Å². The molecule has 0 saturated heterocycles. The molecule has 2 nitrogen and oxygen atoms in total. The highest BCUT2D eigenvalue weighted by molar-refractivity contribution is 6.89. The van der Waals surface area contributed by atoms with Crippen molar-refractivity contribution in [1.29, 1.82) is 0 Å². The summed E-state index contributed by atoms with van der Waals surface area (Å²) < 4.78 is 0. The Balaban J connectivity index is 2.44. The lowest BCUT2D eigenvalue weighted by Gasteiger charge is -2.32. The van der Waals surface area contributed by atoms with Gasteiger partial charge >= 0.3 is 0 Å². The van der Waals surface area contributed by atoms with Crippen LogP contribution in [0.25, 0.3) is 0 Å². The lowest BCUT2D eigenvalue weighted by molar-refractivity contribution is -0.222. The summed E-state index contributed by atoms with van der Waals surface area (Å²) in [6.07, 6.45) is 0. The highest BCUT2D eigenvalue weighted by Crippen LogP contribution is 1.94. The van der Waals surface area contributed by atoms with Crippen LogP contribution >= 0.6 is 0 Å². The summed E-state index contributed by atoms with van der Waals surface area (Å²) in [5.41, 5.74) is 0. The molecule has 0 atom stereocenters. The summed E-state index contributed by atoms with van der Waals surface area (Å²) in [5, 5.41) is 0.993. The van der Waals surface area contributed by atoms with Crippen molar-refractivity contribution in [2.45, 2.75) is 0 Å². The maximum atomic E-state index is 12.2. The molecule has 2 aromatic carbocycles. The minimum Gasteiger partial charge on any atom is -0.831 e. The van der Waals surface area contributed by atoms with Gasteiger partial charge in [0.05, 0.1) is 0 Å². The summed E-state index contributed by atoms with van der Waals surface area (Å²) in [4.78, 5) is 22.2. The average molecular weight is 215 g/mol. The van der Waals surface area contributed by atoms with E-state index >= 15 is 0 Å². The Morgan fingerprint density at radius 2 is 1.07 bits per heavy atom. The molecule has 0 unspecified atom stereocenters. The number of benzene rings is 2. The molecule has 2 rings (SSSR count). The molecule has 2 aromatic rings. The topological polar surface area (TPSA) is 43.3 Å². The molecule has 0 aliphatic carbocycles. The van der Waals surface area contributed by atoms with Crippen LogP contribution < -0.4 is 15.2 Å². The van der Waals surface area contributed by atoms with Crippen LogP contribution in [0.5, 0.6) is 0 Å². The first-order valence-electron chi connectivity index (χ1n) is 4.75. The van der Waals surface area contributed by atoms with Crippen molar-refractivity contribution in [3.63, 3.8) is 0 Å². The van der Waals surface area contributed by atoms with Crippen LogP contribution in [0, 0.1) is 0 Å². The molecule has 0 saturated carbocycles. The highest BCUT2D eigenvalue weighted by Gasteiger charge is 2.20. The Labute approximate surface area is 89.7 Å². The quantitative estimate of drug-likeness (QED) is 0.692. The van der Waals surface area contributed by atoms with Crippen molar-refractivity contribution in [1.82, 2.24) is 0 Å². The van der Waals surface area contributed by atoms with Gasteiger partial charge in [0.15, 0.2) is 8.56 Å². The van der Waals surface area contributed by atoms with Crippen LogP contribution in [0.1, 0.15) is 0 Å². The number of hydrogen-bond acceptors (Lipinski definition) is 2. The van der Waals surface area contributed by atoms with Gasteiger partial charge in [0.25, 0.3) is 0 Å². The molecule has 0 spiro atoms. The number of hydrogen-bond donors (Lipinski definition) is 1. The number of rotatable bonds is 2. The smallest absolute Gasteiger partial charge is 0.158 e. The van der Waals surface area contributed by atoms with Gasteiger partial charge in [0, 0.05) is 0 Å². The van der Waals surface area contributed by atoms with Gasteiger partial charge in [-0.2, -0.15) is 0 Å². The summed E-state index contributed by atoms with van der Waals surface area (Å²) >= 11 is 0. The molecular weight excluding hydrogens is 204 g/mol. The van der Waals surface area contributed by atoms with Gasteiger partial charge in [-0.15, -0.1) is 0 Å². The van der Waals surface area contributed by atoms with Crippen molar-refractivity contribution in [3.8, 4) is 0 Å². The molecule has 0 radical (unpaired) electrons. The molecule has 15 heavy (non-hydrogen) atoms. The third-order valence-corrected chi connectivity index (χ3v) is 4.56. The molecule has 0 aliphatic rings. The molecular formula is C12H11O2Si-. The third kappa shape index (κ3) is 1.99. The maximum Gasteiger partial charge on any atom is 0.158 e. The molecule has 0 amide bonds. The van der Waals surface area contributed by atoms with E-state index < -0.39 is 8.56 Å². The predicted molar refractivity (Wildman–Crippen MR) is 60.1 cm³/mol. The fraction of sp³-hybridized carbons (Fsp3) is 0. The van der Waals surface area contributed by atoms with E-state index in [0.717, 1.165) is 0 Å². The Morgan fingerprint density at radius 1 is 0.733 bits per heavy atom. The standard InChI is InChI=1S/C12H11O2Si/c13-15(14,11-7-3-1-4-8-11)12-9-5-2-6-10-12/h1-10,13H/q-1. The fourth-order valence-electron chi connectivity index (χ4n) is 1.49. The molecule has 0 heterocycles. The largest absolute Gasteiger partial charge is 0.831 e. The Morgan fingerprint density at radius 3 is 1.40 bits per heavy atom. The van der Waals surface area contributed by atoms with Crippen LogP contribution in [0.3, 0.4) is 0 Å². The first-order chi connectivity index (χ1) is 7.21. The molecule has 1 N–H and O–H groups in total. The lowest BCUT2D eigenvalue weighted by Crippen LogP contribution is -2.69. The first kappa shape index (κ1) is 10.1. The van der Waals surface area contributed by atoms with Crippen molar-refractivity contribution >= 4 is 18.9 Å². The maximum absolute atomic E-state index is 12.2. The monoisotopic (exact) mass is 215 g/mol.